The summed E-state index contributed by atoms with van der Waals surface area (Å²) in [6.45, 7) is 1.86. The van der Waals surface area contributed by atoms with Crippen molar-refractivity contribution in [2.75, 3.05) is 0 Å². The highest BCUT2D eigenvalue weighted by molar-refractivity contribution is 7.86. The van der Waals surface area contributed by atoms with Crippen molar-refractivity contribution in [3.63, 3.8) is 0 Å². The van der Waals surface area contributed by atoms with Crippen LogP contribution in [0.15, 0.2) is 34.3 Å². The SMILES string of the molecule is Cc1ccc(S(=O)(=O)ON/N=C2\C(=O)C3CCC2C3)cc1. The van der Waals surface area contributed by atoms with Gasteiger partial charge in [0.2, 0.25) is 0 Å². The summed E-state index contributed by atoms with van der Waals surface area (Å²) < 4.78 is 28.5. The van der Waals surface area contributed by atoms with Crippen molar-refractivity contribution in [1.29, 1.82) is 0 Å². The minimum Gasteiger partial charge on any atom is -0.292 e. The van der Waals surface area contributed by atoms with Gasteiger partial charge in [0.25, 0.3) is 0 Å². The third kappa shape index (κ3) is 2.71. The lowest BCUT2D eigenvalue weighted by molar-refractivity contribution is -0.115. The van der Waals surface area contributed by atoms with Crippen molar-refractivity contribution in [3.8, 4) is 0 Å². The average molecular weight is 308 g/mol. The second-order valence-corrected chi connectivity index (χ2v) is 7.06. The molecule has 112 valence electrons. The number of rotatable bonds is 4. The van der Waals surface area contributed by atoms with Gasteiger partial charge in [-0.25, -0.2) is 0 Å². The smallest absolute Gasteiger partial charge is 0.292 e. The normalized spacial score (nSPS) is 26.5. The zero-order valence-corrected chi connectivity index (χ0v) is 12.4. The number of Topliss-reactive ketones (excluding diaryl/α,β-unsaturated/α-hetero) is 1. The standard InChI is InChI=1S/C14H16N2O4S/c1-9-2-6-12(7-3-9)21(18,19)20-16-15-13-10-4-5-11(8-10)14(13)17/h2-3,6-7,10-11,16H,4-5,8H2,1H3/b15-13-. The molecule has 2 fully saturated rings. The zero-order chi connectivity index (χ0) is 15.0. The summed E-state index contributed by atoms with van der Waals surface area (Å²) in [5.74, 6) is 0.208. The molecule has 0 heterocycles. The molecule has 1 N–H and O–H groups in total. The molecule has 2 unspecified atom stereocenters. The van der Waals surface area contributed by atoms with Crippen LogP contribution in [0.3, 0.4) is 0 Å². The van der Waals surface area contributed by atoms with Crippen molar-refractivity contribution >= 4 is 21.6 Å². The molecule has 2 bridgehead atoms. The Morgan fingerprint density at radius 2 is 1.86 bits per heavy atom. The van der Waals surface area contributed by atoms with Crippen LogP contribution in [0.4, 0.5) is 0 Å². The van der Waals surface area contributed by atoms with Crippen LogP contribution in [0.2, 0.25) is 0 Å². The van der Waals surface area contributed by atoms with Gasteiger partial charge in [-0.2, -0.15) is 19.1 Å². The first-order valence-electron chi connectivity index (χ1n) is 6.84. The Balaban J connectivity index is 1.67. The number of hydrazone groups is 1. The summed E-state index contributed by atoms with van der Waals surface area (Å²) in [5.41, 5.74) is 3.44. The number of carbonyl (C=O) groups excluding carboxylic acids is 1. The van der Waals surface area contributed by atoms with Crippen LogP contribution >= 0.6 is 0 Å². The lowest BCUT2D eigenvalue weighted by Crippen LogP contribution is -2.26. The molecule has 0 saturated heterocycles. The van der Waals surface area contributed by atoms with Gasteiger partial charge in [0.15, 0.2) is 5.78 Å². The summed E-state index contributed by atoms with van der Waals surface area (Å²) in [5, 5.41) is 3.83. The first-order chi connectivity index (χ1) is 9.97. The highest BCUT2D eigenvalue weighted by atomic mass is 32.2. The van der Waals surface area contributed by atoms with Crippen molar-refractivity contribution in [2.45, 2.75) is 31.1 Å². The molecule has 0 radical (unpaired) electrons. The lowest BCUT2D eigenvalue weighted by atomic mass is 9.97. The summed E-state index contributed by atoms with van der Waals surface area (Å²) >= 11 is 0. The molecule has 1 aromatic rings. The molecule has 6 nitrogen and oxygen atoms in total. The van der Waals surface area contributed by atoms with Crippen LogP contribution in [-0.4, -0.2) is 19.9 Å². The molecular weight excluding hydrogens is 292 g/mol. The molecule has 0 amide bonds. The minimum absolute atomic E-state index is 0.00934. The van der Waals surface area contributed by atoms with Gasteiger partial charge in [-0.1, -0.05) is 17.7 Å². The molecular formula is C14H16N2O4S. The quantitative estimate of drug-likeness (QED) is 0.853. The zero-order valence-electron chi connectivity index (χ0n) is 11.6. The Morgan fingerprint density at radius 1 is 1.19 bits per heavy atom. The van der Waals surface area contributed by atoms with Crippen molar-refractivity contribution in [1.82, 2.24) is 5.59 Å². The second kappa shape index (κ2) is 5.23. The van der Waals surface area contributed by atoms with Crippen LogP contribution in [0, 0.1) is 18.8 Å². The van der Waals surface area contributed by atoms with E-state index in [0.29, 0.717) is 5.71 Å². The number of hydrogen-bond donors (Lipinski definition) is 1. The fraction of sp³-hybridized carbons (Fsp3) is 0.429. The largest absolute Gasteiger partial charge is 0.318 e. The van der Waals surface area contributed by atoms with Gasteiger partial charge in [-0.15, -0.1) is 4.28 Å². The van der Waals surface area contributed by atoms with Crippen LogP contribution in [0.25, 0.3) is 0 Å². The van der Waals surface area contributed by atoms with E-state index in [1.165, 1.54) is 12.1 Å². The Hall–Kier alpha value is -1.73. The molecule has 7 heteroatoms. The number of ketones is 1. The van der Waals surface area contributed by atoms with Gasteiger partial charge in [0.1, 0.15) is 5.71 Å². The Morgan fingerprint density at radius 3 is 2.48 bits per heavy atom. The second-order valence-electron chi connectivity index (χ2n) is 5.51. The van der Waals surface area contributed by atoms with E-state index in [1.54, 1.807) is 12.1 Å². The molecule has 21 heavy (non-hydrogen) atoms. The Kier molecular flexibility index (Phi) is 3.54. The van der Waals surface area contributed by atoms with E-state index >= 15 is 0 Å². The van der Waals surface area contributed by atoms with Crippen molar-refractivity contribution in [2.24, 2.45) is 16.9 Å². The van der Waals surface area contributed by atoms with E-state index in [2.05, 4.69) is 15.0 Å². The number of fused-ring (bicyclic) bond motifs is 2. The predicted octanol–water partition coefficient (Wildman–Crippen LogP) is 1.56. The highest BCUT2D eigenvalue weighted by Gasteiger charge is 2.44. The highest BCUT2D eigenvalue weighted by Crippen LogP contribution is 2.40. The van der Waals surface area contributed by atoms with Gasteiger partial charge in [0, 0.05) is 11.8 Å². The van der Waals surface area contributed by atoms with E-state index in [4.69, 9.17) is 0 Å². The van der Waals surface area contributed by atoms with E-state index in [9.17, 15) is 13.2 Å². The molecule has 2 aliphatic rings. The first kappa shape index (κ1) is 14.2. The molecule has 0 aliphatic heterocycles. The summed E-state index contributed by atoms with van der Waals surface area (Å²) in [6, 6.07) is 6.29. The molecule has 3 rings (SSSR count). The summed E-state index contributed by atoms with van der Waals surface area (Å²) in [4.78, 5) is 11.9. The van der Waals surface area contributed by atoms with Crippen LogP contribution < -0.4 is 5.59 Å². The fourth-order valence-electron chi connectivity index (χ4n) is 2.89. The van der Waals surface area contributed by atoms with Crippen LogP contribution in [-0.2, 0) is 19.2 Å². The van der Waals surface area contributed by atoms with Crippen LogP contribution in [0.5, 0.6) is 0 Å². The first-order valence-corrected chi connectivity index (χ1v) is 8.25. The fourth-order valence-corrected chi connectivity index (χ4v) is 3.60. The van der Waals surface area contributed by atoms with Gasteiger partial charge in [-0.05, 0) is 38.3 Å². The van der Waals surface area contributed by atoms with Crippen LogP contribution in [0.1, 0.15) is 24.8 Å². The maximum Gasteiger partial charge on any atom is 0.318 e. The van der Waals surface area contributed by atoms with Gasteiger partial charge in [-0.3, -0.25) is 4.79 Å². The van der Waals surface area contributed by atoms with Crippen molar-refractivity contribution < 1.29 is 17.5 Å². The third-order valence-electron chi connectivity index (χ3n) is 4.07. The Bertz CT molecular complexity index is 694. The number of aryl methyl sites for hydroxylation is 1. The summed E-state index contributed by atoms with van der Waals surface area (Å²) in [6.07, 6.45) is 2.66. The maximum atomic E-state index is 11.9. The maximum absolute atomic E-state index is 11.9. The molecule has 0 spiro atoms. The number of benzene rings is 1. The molecule has 2 atom stereocenters. The third-order valence-corrected chi connectivity index (χ3v) is 5.21. The number of nitrogens with one attached hydrogen (secondary N) is 1. The van der Waals surface area contributed by atoms with Crippen molar-refractivity contribution in [3.05, 3.63) is 29.8 Å². The van der Waals surface area contributed by atoms with E-state index < -0.39 is 10.1 Å². The van der Waals surface area contributed by atoms with Gasteiger partial charge < -0.3 is 0 Å². The minimum atomic E-state index is -3.93. The lowest BCUT2D eigenvalue weighted by Gasteiger charge is -2.11. The van der Waals surface area contributed by atoms with E-state index in [-0.39, 0.29) is 22.5 Å². The molecule has 2 saturated carbocycles. The number of hydrogen-bond acceptors (Lipinski definition) is 6. The number of nitrogens with zero attached hydrogens (tertiary/aromatic N) is 1. The van der Waals surface area contributed by atoms with E-state index in [0.717, 1.165) is 24.8 Å². The Labute approximate surface area is 123 Å². The number of carbonyl (C=O) groups is 1. The predicted molar refractivity (Wildman–Crippen MR) is 75.9 cm³/mol. The molecule has 2 aliphatic carbocycles. The summed E-state index contributed by atoms with van der Waals surface area (Å²) in [7, 11) is -3.93. The van der Waals surface area contributed by atoms with Gasteiger partial charge in [0.05, 0.1) is 4.90 Å². The monoisotopic (exact) mass is 308 g/mol. The topological polar surface area (TPSA) is 84.8 Å². The van der Waals surface area contributed by atoms with E-state index in [1.807, 2.05) is 6.92 Å². The molecule has 0 aromatic heterocycles. The average Bonchev–Trinajstić information content (AvgIpc) is 3.02. The molecule has 1 aromatic carbocycles. The van der Waals surface area contributed by atoms with Gasteiger partial charge >= 0.3 is 10.1 Å².